The largest absolute Gasteiger partial charge is 0.481 e. The third kappa shape index (κ3) is 3.69. The van der Waals surface area contributed by atoms with Crippen LogP contribution in [0.2, 0.25) is 0 Å². The van der Waals surface area contributed by atoms with Gasteiger partial charge in [-0.1, -0.05) is 26.2 Å². The van der Waals surface area contributed by atoms with Gasteiger partial charge in [0.15, 0.2) is 0 Å². The summed E-state index contributed by atoms with van der Waals surface area (Å²) in [6.45, 7) is 2.53. The van der Waals surface area contributed by atoms with Crippen molar-refractivity contribution in [1.82, 2.24) is 4.31 Å². The van der Waals surface area contributed by atoms with Gasteiger partial charge in [0.1, 0.15) is 0 Å². The van der Waals surface area contributed by atoms with Crippen LogP contribution >= 0.6 is 0 Å². The maximum atomic E-state index is 12.3. The van der Waals surface area contributed by atoms with Crippen molar-refractivity contribution in [2.75, 3.05) is 18.8 Å². The summed E-state index contributed by atoms with van der Waals surface area (Å²) in [7, 11) is -3.28. The summed E-state index contributed by atoms with van der Waals surface area (Å²) in [5.41, 5.74) is 0. The first kappa shape index (κ1) is 14.8. The molecule has 0 radical (unpaired) electrons. The first-order valence-electron chi connectivity index (χ1n) is 7.09. The summed E-state index contributed by atoms with van der Waals surface area (Å²) in [5, 5.41) is 9.08. The van der Waals surface area contributed by atoms with Crippen molar-refractivity contribution in [3.63, 3.8) is 0 Å². The molecule has 0 aromatic rings. The second-order valence-electron chi connectivity index (χ2n) is 6.09. The van der Waals surface area contributed by atoms with Crippen LogP contribution < -0.4 is 0 Å². The van der Waals surface area contributed by atoms with E-state index in [0.29, 0.717) is 18.9 Å². The van der Waals surface area contributed by atoms with Crippen LogP contribution in [-0.4, -0.2) is 42.6 Å². The molecule has 2 fully saturated rings. The highest BCUT2D eigenvalue weighted by Gasteiger charge is 2.35. The van der Waals surface area contributed by atoms with Crippen LogP contribution in [0.25, 0.3) is 0 Å². The number of carboxylic acid groups (broad SMARTS) is 1. The van der Waals surface area contributed by atoms with E-state index in [0.717, 1.165) is 19.3 Å². The Hall–Kier alpha value is -0.620. The number of nitrogens with zero attached hydrogens (tertiary/aromatic N) is 1. The Kier molecular flexibility index (Phi) is 4.50. The van der Waals surface area contributed by atoms with E-state index in [1.165, 1.54) is 10.7 Å². The minimum atomic E-state index is -3.28. The first-order valence-corrected chi connectivity index (χ1v) is 8.70. The third-order valence-electron chi connectivity index (χ3n) is 4.38. The fourth-order valence-electron chi connectivity index (χ4n) is 2.93. The van der Waals surface area contributed by atoms with Gasteiger partial charge in [0.2, 0.25) is 10.0 Å². The molecule has 5 nitrogen and oxygen atoms in total. The Labute approximate surface area is 115 Å². The fraction of sp³-hybridized carbons (Fsp3) is 0.923. The van der Waals surface area contributed by atoms with Gasteiger partial charge in [-0.2, -0.15) is 0 Å². The van der Waals surface area contributed by atoms with Crippen molar-refractivity contribution in [2.45, 2.75) is 39.0 Å². The standard InChI is InChI=1S/C13H23NO4S/c1-10-7-12(13(15)16)9-14(8-10)19(17,18)6-5-11-3-2-4-11/h10-12H,2-9H2,1H3,(H,15,16). The summed E-state index contributed by atoms with van der Waals surface area (Å²) in [6, 6.07) is 0. The van der Waals surface area contributed by atoms with Crippen molar-refractivity contribution < 1.29 is 18.3 Å². The Balaban J connectivity index is 1.95. The van der Waals surface area contributed by atoms with E-state index in [-0.39, 0.29) is 18.2 Å². The molecule has 1 aliphatic carbocycles. The van der Waals surface area contributed by atoms with E-state index >= 15 is 0 Å². The predicted molar refractivity (Wildman–Crippen MR) is 72.2 cm³/mol. The Bertz CT molecular complexity index is 430. The second-order valence-corrected chi connectivity index (χ2v) is 8.18. The molecule has 2 unspecified atom stereocenters. The average molecular weight is 289 g/mol. The molecule has 1 heterocycles. The quantitative estimate of drug-likeness (QED) is 0.833. The molecule has 0 amide bonds. The molecular weight excluding hydrogens is 266 g/mol. The molecule has 1 saturated heterocycles. The second kappa shape index (κ2) is 5.79. The van der Waals surface area contributed by atoms with Gasteiger partial charge < -0.3 is 5.11 Å². The minimum absolute atomic E-state index is 0.119. The molecule has 0 spiro atoms. The Morgan fingerprint density at radius 2 is 2.00 bits per heavy atom. The monoisotopic (exact) mass is 289 g/mol. The maximum Gasteiger partial charge on any atom is 0.307 e. The van der Waals surface area contributed by atoms with Crippen LogP contribution in [0.3, 0.4) is 0 Å². The van der Waals surface area contributed by atoms with E-state index < -0.39 is 21.9 Å². The summed E-state index contributed by atoms with van der Waals surface area (Å²) in [6.07, 6.45) is 4.80. The van der Waals surface area contributed by atoms with Gasteiger partial charge in [-0.3, -0.25) is 4.79 Å². The van der Waals surface area contributed by atoms with Crippen molar-refractivity contribution >= 4 is 16.0 Å². The lowest BCUT2D eigenvalue weighted by molar-refractivity contribution is -0.143. The number of aliphatic carboxylic acids is 1. The lowest BCUT2D eigenvalue weighted by atomic mass is 9.84. The van der Waals surface area contributed by atoms with Crippen LogP contribution in [0.1, 0.15) is 39.0 Å². The molecule has 0 aromatic carbocycles. The number of carbonyl (C=O) groups is 1. The highest BCUT2D eigenvalue weighted by atomic mass is 32.2. The maximum absolute atomic E-state index is 12.3. The highest BCUT2D eigenvalue weighted by Crippen LogP contribution is 2.31. The third-order valence-corrected chi connectivity index (χ3v) is 6.21. The van der Waals surface area contributed by atoms with Crippen molar-refractivity contribution in [2.24, 2.45) is 17.8 Å². The SMILES string of the molecule is CC1CC(C(=O)O)CN(S(=O)(=O)CCC2CCC2)C1. The predicted octanol–water partition coefficient (Wildman–Crippen LogP) is 1.55. The van der Waals surface area contributed by atoms with Gasteiger partial charge in [0.25, 0.3) is 0 Å². The van der Waals surface area contributed by atoms with E-state index in [1.54, 1.807) is 0 Å². The lowest BCUT2D eigenvalue weighted by Gasteiger charge is -2.34. The molecule has 2 atom stereocenters. The van der Waals surface area contributed by atoms with Crippen molar-refractivity contribution in [1.29, 1.82) is 0 Å². The smallest absolute Gasteiger partial charge is 0.307 e. The lowest BCUT2D eigenvalue weighted by Crippen LogP contribution is -2.46. The summed E-state index contributed by atoms with van der Waals surface area (Å²) in [4.78, 5) is 11.1. The average Bonchev–Trinajstić information content (AvgIpc) is 2.25. The van der Waals surface area contributed by atoms with E-state index in [1.807, 2.05) is 6.92 Å². The normalized spacial score (nSPS) is 29.9. The molecule has 6 heteroatoms. The van der Waals surface area contributed by atoms with Crippen LogP contribution in [0.5, 0.6) is 0 Å². The molecule has 0 bridgehead atoms. The van der Waals surface area contributed by atoms with Crippen LogP contribution in [0, 0.1) is 17.8 Å². The number of hydrogen-bond donors (Lipinski definition) is 1. The van der Waals surface area contributed by atoms with Gasteiger partial charge in [-0.25, -0.2) is 12.7 Å². The molecular formula is C13H23NO4S. The molecule has 1 aliphatic heterocycles. The molecule has 0 aromatic heterocycles. The zero-order valence-electron chi connectivity index (χ0n) is 11.4. The number of sulfonamides is 1. The summed E-state index contributed by atoms with van der Waals surface area (Å²) in [5.74, 6) is -0.579. The molecule has 2 aliphatic rings. The Morgan fingerprint density at radius 1 is 1.32 bits per heavy atom. The van der Waals surface area contributed by atoms with Gasteiger partial charge in [0.05, 0.1) is 11.7 Å². The van der Waals surface area contributed by atoms with E-state index in [4.69, 9.17) is 5.11 Å². The van der Waals surface area contributed by atoms with Gasteiger partial charge in [-0.05, 0) is 24.7 Å². The summed E-state index contributed by atoms with van der Waals surface area (Å²) >= 11 is 0. The number of hydrogen-bond acceptors (Lipinski definition) is 3. The molecule has 19 heavy (non-hydrogen) atoms. The molecule has 1 N–H and O–H groups in total. The van der Waals surface area contributed by atoms with E-state index in [2.05, 4.69) is 0 Å². The zero-order chi connectivity index (χ0) is 14.0. The van der Waals surface area contributed by atoms with Crippen LogP contribution in [0.15, 0.2) is 0 Å². The summed E-state index contributed by atoms with van der Waals surface area (Å²) < 4.78 is 26.0. The van der Waals surface area contributed by atoms with Crippen molar-refractivity contribution in [3.8, 4) is 0 Å². The van der Waals surface area contributed by atoms with Gasteiger partial charge >= 0.3 is 5.97 Å². The number of carboxylic acids is 1. The number of rotatable bonds is 5. The van der Waals surface area contributed by atoms with E-state index in [9.17, 15) is 13.2 Å². The molecule has 2 rings (SSSR count). The zero-order valence-corrected chi connectivity index (χ0v) is 12.2. The highest BCUT2D eigenvalue weighted by molar-refractivity contribution is 7.89. The molecule has 110 valence electrons. The first-order chi connectivity index (χ1) is 8.88. The van der Waals surface area contributed by atoms with Crippen LogP contribution in [-0.2, 0) is 14.8 Å². The minimum Gasteiger partial charge on any atom is -0.481 e. The topological polar surface area (TPSA) is 74.7 Å². The molecule has 1 saturated carbocycles. The van der Waals surface area contributed by atoms with Gasteiger partial charge in [0, 0.05) is 13.1 Å². The van der Waals surface area contributed by atoms with Gasteiger partial charge in [-0.15, -0.1) is 0 Å². The van der Waals surface area contributed by atoms with Crippen LogP contribution in [0.4, 0.5) is 0 Å². The van der Waals surface area contributed by atoms with Crippen molar-refractivity contribution in [3.05, 3.63) is 0 Å². The fourth-order valence-corrected chi connectivity index (χ4v) is 4.71. The number of piperidine rings is 1. The Morgan fingerprint density at radius 3 is 2.53 bits per heavy atom.